The average Bonchev–Trinajstić information content (AvgIpc) is 0.838. The van der Waals surface area contributed by atoms with Crippen LogP contribution in [0.5, 0.6) is 0 Å². The second kappa shape index (κ2) is 76.1. The fraction of sp³-hybridized carbons (Fsp3) is 1.00. The minimum absolute atomic E-state index is 0. The average molecular weight is 1720 g/mol. The first-order valence-corrected chi connectivity index (χ1v) is 59.6. The molecule has 37 nitrogen and oxygen atoms in total. The molecular weight excluding hydrogens is 1560 g/mol. The van der Waals surface area contributed by atoms with Crippen LogP contribution in [-0.4, -0.2) is 331 Å². The van der Waals surface area contributed by atoms with Gasteiger partial charge in [0.1, 0.15) is 0 Å². The fourth-order valence-corrected chi connectivity index (χ4v) is 26.4. The van der Waals surface area contributed by atoms with E-state index in [0.717, 1.165) is 25.7 Å². The van der Waals surface area contributed by atoms with E-state index in [4.69, 9.17) is 126 Å². The van der Waals surface area contributed by atoms with Gasteiger partial charge in [0.2, 0.25) is 0 Å². The first-order valence-electron chi connectivity index (χ1n) is 32.6. The van der Waals surface area contributed by atoms with E-state index >= 15 is 0 Å². The molecule has 17 N–H and O–H groups in total. The summed E-state index contributed by atoms with van der Waals surface area (Å²) >= 11 is 0. The van der Waals surface area contributed by atoms with Crippen molar-refractivity contribution < 1.29 is 149 Å². The number of rotatable bonds is 46. The van der Waals surface area contributed by atoms with Crippen molar-refractivity contribution in [3.63, 3.8) is 0 Å². The molecule has 0 aromatic heterocycles. The lowest BCUT2D eigenvalue weighted by molar-refractivity contribution is 0.0683. The van der Waals surface area contributed by atoms with Gasteiger partial charge in [0, 0.05) is 224 Å². The van der Waals surface area contributed by atoms with E-state index in [2.05, 4.69) is 26.6 Å². The quantitative estimate of drug-likeness (QED) is 0.0390. The summed E-state index contributed by atoms with van der Waals surface area (Å²) in [5.41, 5.74) is 21.6. The van der Waals surface area contributed by atoms with Crippen molar-refractivity contribution in [3.05, 3.63) is 0 Å². The van der Waals surface area contributed by atoms with Crippen LogP contribution >= 0.6 is 0 Å². The molecule has 1 atom stereocenters. The summed E-state index contributed by atoms with van der Waals surface area (Å²) in [6, 6.07) is 2.41. The van der Waals surface area contributed by atoms with Crippen LogP contribution in [0.25, 0.3) is 0 Å². The standard InChI is InChI=1S/C10H27NO5Si2.C7H21NO4Si2.2C7H19NO3Si.C6H18O4Si2.C4H12O3Si.3C3H10O3Si.C2H6O.CH4.H2O/c1-6-14-18(15-7-2,10-8-9-11)16-17(5,12-3)13-4;1-10-14(4,11-2)12-13(3,9)7-5-6-8;2*1-3-10-12(9,11-4-2)7-5-6-8;1-7-11(4,5)10-12(6,8-2)9-3;1-5-8(4,6-2)7-3;3*1-5-7(3,4)6-2;1-2-3;;/h6-11H2,1-5H3;9H,5-8H2,1-4H3;2*9H,3-8H2,1-2H3;1-6H3;1-4H3;3*4H,1-3H3;3H,2H2,1H3;1H4;1H2. The molecule has 0 saturated carbocycles. The van der Waals surface area contributed by atoms with Gasteiger partial charge in [-0.15, -0.1) is 0 Å². The van der Waals surface area contributed by atoms with Crippen LogP contribution in [0.3, 0.4) is 0 Å². The Morgan fingerprint density at radius 3 is 0.657 bits per heavy atom. The number of hydrogen-bond acceptors (Lipinski definition) is 36. The van der Waals surface area contributed by atoms with Gasteiger partial charge in [-0.25, -0.2) is 0 Å². The maximum absolute atomic E-state index is 9.98. The van der Waals surface area contributed by atoms with Gasteiger partial charge in [0.15, 0.2) is 0 Å². The second-order valence-electron chi connectivity index (χ2n) is 20.9. The molecule has 49 heteroatoms. The summed E-state index contributed by atoms with van der Waals surface area (Å²) in [7, 11) is -6.66. The van der Waals surface area contributed by atoms with Gasteiger partial charge in [-0.3, -0.25) is 0 Å². The maximum atomic E-state index is 9.98. The van der Waals surface area contributed by atoms with E-state index in [9.17, 15) is 14.4 Å². The Morgan fingerprint density at radius 1 is 0.275 bits per heavy atom. The Balaban J connectivity index is -0.0000000901. The molecule has 0 saturated heterocycles. The fourth-order valence-electron chi connectivity index (χ4n) is 5.63. The Labute approximate surface area is 631 Å². The van der Waals surface area contributed by atoms with E-state index in [-0.39, 0.29) is 19.5 Å². The number of nitrogens with two attached hydrogens (primary N) is 4. The molecule has 636 valence electrons. The van der Waals surface area contributed by atoms with Gasteiger partial charge >= 0.3 is 105 Å². The first-order chi connectivity index (χ1) is 46.1. The van der Waals surface area contributed by atoms with Crippen molar-refractivity contribution in [2.45, 2.75) is 171 Å². The molecule has 0 aliphatic rings. The van der Waals surface area contributed by atoms with Crippen molar-refractivity contribution in [1.29, 1.82) is 0 Å². The Kier molecular flexibility index (Phi) is 96.7. The normalized spacial score (nSPS) is 12.6. The highest BCUT2D eigenvalue weighted by atomic mass is 28.5. The van der Waals surface area contributed by atoms with E-state index in [1.165, 1.54) is 56.9 Å². The third-order valence-corrected chi connectivity index (χ3v) is 42.7. The van der Waals surface area contributed by atoms with E-state index < -0.39 is 105 Å². The topological polar surface area (TPSA) is 508 Å². The highest BCUT2D eigenvalue weighted by Crippen LogP contribution is 2.24. The molecule has 0 heterocycles. The Hall–Kier alpha value is 1.12. The minimum Gasteiger partial charge on any atom is -0.412 e. The van der Waals surface area contributed by atoms with Gasteiger partial charge in [0.05, 0.1) is 0 Å². The molecule has 0 spiro atoms. The summed E-state index contributed by atoms with van der Waals surface area (Å²) in [6.45, 7) is 36.0. The molecule has 0 aliphatic carbocycles. The van der Waals surface area contributed by atoms with Crippen molar-refractivity contribution in [2.75, 3.05) is 186 Å². The molecule has 0 aromatic rings. The Morgan fingerprint density at radius 2 is 0.480 bits per heavy atom. The summed E-state index contributed by atoms with van der Waals surface area (Å²) < 4.78 is 128. The van der Waals surface area contributed by atoms with Crippen LogP contribution in [0.15, 0.2) is 0 Å². The lowest BCUT2D eigenvalue weighted by Gasteiger charge is -2.35. The van der Waals surface area contributed by atoms with Crippen molar-refractivity contribution in [2.24, 2.45) is 22.9 Å². The minimum atomic E-state index is -2.85. The molecule has 0 aromatic carbocycles. The molecule has 0 bridgehead atoms. The molecule has 1 unspecified atom stereocenters. The van der Waals surface area contributed by atoms with Crippen LogP contribution in [0.2, 0.25) is 89.6 Å². The summed E-state index contributed by atoms with van der Waals surface area (Å²) in [4.78, 5) is 56.0. The SMILES string of the molecule is C.CCO.CCO[Si](CCCN)(OCC)O[Si](C)(OC)OC.CCO[Si](O)(CCCN)OCC.CCO[Si](O)(CCCN)OCC.CO[Si](C)(C)O[Si](C)(OC)OC.CO[Si](C)(O)OC.CO[Si](C)(O)OC.CO[Si](C)(O)OC.CO[Si](C)(OC)OC.CO[Si](C)(OC)O[Si](C)(O)CCCN.O. The van der Waals surface area contributed by atoms with Crippen molar-refractivity contribution >= 4 is 105 Å². The zero-order chi connectivity index (χ0) is 81.1. The molecule has 0 aliphatic heterocycles. The molecular formula is C53H158N4O33Si12. The molecule has 0 radical (unpaired) electrons. The lowest BCUT2D eigenvalue weighted by Crippen LogP contribution is -2.56. The van der Waals surface area contributed by atoms with Crippen molar-refractivity contribution in [3.8, 4) is 0 Å². The highest BCUT2D eigenvalue weighted by molar-refractivity contribution is 6.77. The van der Waals surface area contributed by atoms with Crippen LogP contribution in [0.4, 0.5) is 0 Å². The van der Waals surface area contributed by atoms with Crippen molar-refractivity contribution in [1.82, 2.24) is 0 Å². The third-order valence-electron chi connectivity index (χ3n) is 12.4. The predicted molar refractivity (Wildman–Crippen MR) is 423 cm³/mol. The third kappa shape index (κ3) is 82.1. The number of hydrogen-bond donors (Lipinski definition) is 11. The van der Waals surface area contributed by atoms with Crippen LogP contribution in [0.1, 0.15) is 81.6 Å². The summed E-state index contributed by atoms with van der Waals surface area (Å²) in [6.07, 6.45) is 3.06. The smallest absolute Gasteiger partial charge is 0.412 e. The molecule has 0 amide bonds. The Bertz CT molecular complexity index is 1590. The summed E-state index contributed by atoms with van der Waals surface area (Å²) in [5, 5.41) is 7.57. The number of aliphatic hydroxyl groups excluding tert-OH is 1. The van der Waals surface area contributed by atoms with Crippen LogP contribution in [0, 0.1) is 0 Å². The predicted octanol–water partition coefficient (Wildman–Crippen LogP) is 3.22. The van der Waals surface area contributed by atoms with Crippen LogP contribution < -0.4 is 22.9 Å². The lowest BCUT2D eigenvalue weighted by atomic mass is 10.5. The van der Waals surface area contributed by atoms with Gasteiger partial charge in [0.25, 0.3) is 0 Å². The van der Waals surface area contributed by atoms with Gasteiger partial charge < -0.3 is 172 Å². The second-order valence-corrected chi connectivity index (χ2v) is 55.2. The van der Waals surface area contributed by atoms with E-state index in [1.807, 2.05) is 74.3 Å². The molecule has 0 fully saturated rings. The van der Waals surface area contributed by atoms with Gasteiger partial charge in [-0.05, 0) is 126 Å². The zero-order valence-corrected chi connectivity index (χ0v) is 80.6. The monoisotopic (exact) mass is 1710 g/mol. The van der Waals surface area contributed by atoms with E-state index in [1.54, 1.807) is 96.5 Å². The zero-order valence-electron chi connectivity index (χ0n) is 68.6. The molecule has 0 rings (SSSR count). The van der Waals surface area contributed by atoms with E-state index in [0.29, 0.717) is 90.0 Å². The van der Waals surface area contributed by atoms with Gasteiger partial charge in [-0.1, -0.05) is 7.43 Å². The van der Waals surface area contributed by atoms with Gasteiger partial charge in [-0.2, -0.15) is 0 Å². The summed E-state index contributed by atoms with van der Waals surface area (Å²) in [5.74, 6) is 0. The maximum Gasteiger partial charge on any atom is 0.498 e. The van der Waals surface area contributed by atoms with Crippen LogP contribution in [-0.2, 0) is 110 Å². The number of aliphatic hydroxyl groups is 1. The molecule has 102 heavy (non-hydrogen) atoms. The first kappa shape index (κ1) is 130. The largest absolute Gasteiger partial charge is 0.498 e. The highest BCUT2D eigenvalue weighted by Gasteiger charge is 2.50.